The third-order valence-corrected chi connectivity index (χ3v) is 0.866. The summed E-state index contributed by atoms with van der Waals surface area (Å²) < 4.78 is 8.88. The highest BCUT2D eigenvalue weighted by molar-refractivity contribution is 7.45. The van der Waals surface area contributed by atoms with E-state index in [2.05, 4.69) is 19.3 Å². The van der Waals surface area contributed by atoms with Gasteiger partial charge in [0.1, 0.15) is 0 Å². The zero-order chi connectivity index (χ0) is 10.2. The fraction of sp³-hybridized carbons (Fsp3) is 1.00. The van der Waals surface area contributed by atoms with Gasteiger partial charge in [-0.25, -0.2) is 4.57 Å². The molecule has 0 heterocycles. The van der Waals surface area contributed by atoms with Crippen molar-refractivity contribution in [2.24, 2.45) is 11.8 Å². The second-order valence-corrected chi connectivity index (χ2v) is 3.68. The van der Waals surface area contributed by atoms with E-state index in [4.69, 9.17) is 25.1 Å². The van der Waals surface area contributed by atoms with Crippen LogP contribution >= 0.6 is 7.82 Å². The molecule has 0 aliphatic carbocycles. The number of nitrogens with two attached hydrogens (primary N) is 1. The van der Waals surface area contributed by atoms with Crippen molar-refractivity contribution in [3.8, 4) is 0 Å². The summed E-state index contributed by atoms with van der Waals surface area (Å²) in [7, 11) is -4.64. The Kier molecular flexibility index (Phi) is 9.30. The normalized spacial score (nSPS) is 10.9. The Morgan fingerprint density at radius 2 is 1.75 bits per heavy atom. The van der Waals surface area contributed by atoms with Crippen LogP contribution in [-0.2, 0) is 4.57 Å². The summed E-state index contributed by atoms with van der Waals surface area (Å²) in [6.07, 6.45) is 1.16. The minimum absolute atomic E-state index is 0.760. The molecule has 0 spiro atoms. The molecule has 0 aliphatic rings. The topological polar surface area (TPSA) is 116 Å². The summed E-state index contributed by atoms with van der Waals surface area (Å²) in [5.41, 5.74) is 2.60. The molecule has 0 rings (SSSR count). The van der Waals surface area contributed by atoms with Crippen LogP contribution in [0.5, 0.6) is 0 Å². The van der Waals surface area contributed by atoms with E-state index in [0.717, 1.165) is 18.9 Å². The lowest BCUT2D eigenvalue weighted by Crippen LogP contribution is -2.23. The first-order chi connectivity index (χ1) is 5.27. The Hall–Kier alpha value is 0.0300. The quantitative estimate of drug-likeness (QED) is 0.240. The van der Waals surface area contributed by atoms with Crippen molar-refractivity contribution in [1.82, 2.24) is 5.43 Å². The van der Waals surface area contributed by atoms with Gasteiger partial charge in [-0.2, -0.15) is 0 Å². The van der Waals surface area contributed by atoms with Crippen LogP contribution in [0.1, 0.15) is 20.3 Å². The summed E-state index contributed by atoms with van der Waals surface area (Å²) in [4.78, 5) is 21.6. The molecule has 0 aromatic rings. The van der Waals surface area contributed by atoms with Crippen molar-refractivity contribution in [2.45, 2.75) is 20.3 Å². The summed E-state index contributed by atoms with van der Waals surface area (Å²) in [5.74, 6) is 5.79. The Morgan fingerprint density at radius 1 is 1.42 bits per heavy atom. The monoisotopic (exact) mass is 200 g/mol. The molecule has 0 fully saturated rings. The van der Waals surface area contributed by atoms with Crippen LogP contribution in [0.4, 0.5) is 0 Å². The van der Waals surface area contributed by atoms with Crippen LogP contribution in [0, 0.1) is 5.92 Å². The second-order valence-electron chi connectivity index (χ2n) is 2.65. The van der Waals surface area contributed by atoms with Crippen LogP contribution in [0.2, 0.25) is 0 Å². The van der Waals surface area contributed by atoms with Gasteiger partial charge in [-0.05, 0) is 12.3 Å². The van der Waals surface area contributed by atoms with Crippen LogP contribution < -0.4 is 11.3 Å². The van der Waals surface area contributed by atoms with Crippen LogP contribution in [0.3, 0.4) is 0 Å². The Balaban J connectivity index is 0. The fourth-order valence-corrected chi connectivity index (χ4v) is 0.372. The lowest BCUT2D eigenvalue weighted by atomic mass is 10.1. The zero-order valence-electron chi connectivity index (χ0n) is 7.27. The average Bonchev–Trinajstić information content (AvgIpc) is 1.79. The van der Waals surface area contributed by atoms with Crippen molar-refractivity contribution < 1.29 is 19.2 Å². The zero-order valence-corrected chi connectivity index (χ0v) is 8.16. The Labute approximate surface area is 72.0 Å². The van der Waals surface area contributed by atoms with Gasteiger partial charge in [0.15, 0.2) is 0 Å². The molecular weight excluding hydrogens is 183 g/mol. The van der Waals surface area contributed by atoms with Gasteiger partial charge in [-0.15, -0.1) is 0 Å². The van der Waals surface area contributed by atoms with E-state index in [1.54, 1.807) is 0 Å². The molecule has 0 unspecified atom stereocenters. The first-order valence-corrected chi connectivity index (χ1v) is 5.05. The van der Waals surface area contributed by atoms with Gasteiger partial charge < -0.3 is 14.7 Å². The van der Waals surface area contributed by atoms with Crippen LogP contribution in [0.15, 0.2) is 0 Å². The molecule has 7 heteroatoms. The third kappa shape index (κ3) is 50.4. The summed E-state index contributed by atoms with van der Waals surface area (Å²) in [5, 5.41) is 0. The molecule has 6 N–H and O–H groups in total. The standard InChI is InChI=1S/C5H14N2.H3O4P/c1-5(2)3-4-7-6;1-5(2,3)4/h5,7H,3-4,6H2,1-2H3;(H3,1,2,3,4). The molecule has 76 valence electrons. The highest BCUT2D eigenvalue weighted by atomic mass is 31.2. The number of phosphoric acid groups is 1. The highest BCUT2D eigenvalue weighted by Gasteiger charge is 2.00. The number of rotatable bonds is 3. The maximum atomic E-state index is 8.88. The fourth-order valence-electron chi connectivity index (χ4n) is 0.372. The third-order valence-electron chi connectivity index (χ3n) is 0.866. The minimum atomic E-state index is -4.64. The van der Waals surface area contributed by atoms with Gasteiger partial charge >= 0.3 is 7.82 Å². The molecular formula is C5H17N2O4P. The molecule has 0 amide bonds. The van der Waals surface area contributed by atoms with Crippen molar-refractivity contribution in [3.05, 3.63) is 0 Å². The molecule has 12 heavy (non-hydrogen) atoms. The lowest BCUT2D eigenvalue weighted by Gasteiger charge is -2.00. The average molecular weight is 200 g/mol. The highest BCUT2D eigenvalue weighted by Crippen LogP contribution is 2.25. The van der Waals surface area contributed by atoms with Crippen molar-refractivity contribution in [3.63, 3.8) is 0 Å². The van der Waals surface area contributed by atoms with E-state index in [9.17, 15) is 0 Å². The molecule has 0 radical (unpaired) electrons. The Bertz CT molecular complexity index is 127. The maximum Gasteiger partial charge on any atom is 0.466 e. The maximum absolute atomic E-state index is 8.88. The first kappa shape index (κ1) is 14.5. The van der Waals surface area contributed by atoms with E-state index in [-0.39, 0.29) is 0 Å². The van der Waals surface area contributed by atoms with E-state index < -0.39 is 7.82 Å². The lowest BCUT2D eigenvalue weighted by molar-refractivity contribution is 0.275. The summed E-state index contributed by atoms with van der Waals surface area (Å²) >= 11 is 0. The van der Waals surface area contributed by atoms with E-state index in [0.29, 0.717) is 0 Å². The molecule has 0 aromatic carbocycles. The molecule has 6 nitrogen and oxygen atoms in total. The molecule has 0 aromatic heterocycles. The molecule has 0 bridgehead atoms. The van der Waals surface area contributed by atoms with Gasteiger partial charge in [-0.3, -0.25) is 11.3 Å². The second kappa shape index (κ2) is 7.67. The van der Waals surface area contributed by atoms with Gasteiger partial charge in [0.25, 0.3) is 0 Å². The van der Waals surface area contributed by atoms with Crippen LogP contribution in [-0.4, -0.2) is 21.2 Å². The van der Waals surface area contributed by atoms with Gasteiger partial charge in [0.2, 0.25) is 0 Å². The number of nitrogens with one attached hydrogen (secondary N) is 1. The SMILES string of the molecule is CC(C)CCNN.O=P(O)(O)O. The minimum Gasteiger partial charge on any atom is -0.303 e. The van der Waals surface area contributed by atoms with E-state index in [1.165, 1.54) is 0 Å². The summed E-state index contributed by atoms with van der Waals surface area (Å²) in [6, 6.07) is 0. The van der Waals surface area contributed by atoms with Gasteiger partial charge in [0.05, 0.1) is 0 Å². The number of hydrazine groups is 1. The molecule has 0 saturated carbocycles. The predicted molar refractivity (Wildman–Crippen MR) is 45.9 cm³/mol. The van der Waals surface area contributed by atoms with Gasteiger partial charge in [0, 0.05) is 6.54 Å². The largest absolute Gasteiger partial charge is 0.466 e. The molecule has 0 atom stereocenters. The Morgan fingerprint density at radius 3 is 1.83 bits per heavy atom. The van der Waals surface area contributed by atoms with Crippen molar-refractivity contribution in [1.29, 1.82) is 0 Å². The van der Waals surface area contributed by atoms with Crippen molar-refractivity contribution in [2.75, 3.05) is 6.54 Å². The molecule has 0 saturated heterocycles. The van der Waals surface area contributed by atoms with E-state index >= 15 is 0 Å². The molecule has 0 aliphatic heterocycles. The first-order valence-electron chi connectivity index (χ1n) is 3.49. The predicted octanol–water partition coefficient (Wildman–Crippen LogP) is -0.433. The van der Waals surface area contributed by atoms with Gasteiger partial charge in [-0.1, -0.05) is 13.8 Å². The van der Waals surface area contributed by atoms with Crippen LogP contribution in [0.25, 0.3) is 0 Å². The summed E-state index contributed by atoms with van der Waals surface area (Å²) in [6.45, 7) is 5.28. The van der Waals surface area contributed by atoms with Crippen molar-refractivity contribution >= 4 is 7.82 Å². The van der Waals surface area contributed by atoms with E-state index in [1.807, 2.05) is 0 Å². The number of hydrogen-bond acceptors (Lipinski definition) is 3. The smallest absolute Gasteiger partial charge is 0.303 e. The number of hydrogen-bond donors (Lipinski definition) is 5.